The third kappa shape index (κ3) is 3.11. The summed E-state index contributed by atoms with van der Waals surface area (Å²) in [6.45, 7) is 0. The molecule has 1 aromatic rings. The van der Waals surface area contributed by atoms with Crippen LogP contribution in [0.4, 0.5) is 4.39 Å². The quantitative estimate of drug-likeness (QED) is 0.528. The van der Waals surface area contributed by atoms with Crippen molar-refractivity contribution in [3.05, 3.63) is 35.1 Å². The van der Waals surface area contributed by atoms with Gasteiger partial charge in [0.15, 0.2) is 0 Å². The minimum Gasteiger partial charge on any atom is -0.459 e. The van der Waals surface area contributed by atoms with Crippen molar-refractivity contribution in [3.63, 3.8) is 0 Å². The van der Waals surface area contributed by atoms with Crippen LogP contribution >= 0.6 is 0 Å². The zero-order valence-electron chi connectivity index (χ0n) is 8.58. The summed E-state index contributed by atoms with van der Waals surface area (Å²) in [7, 11) is 1.22. The number of carbonyl (C=O) groups excluding carboxylic acids is 1. The van der Waals surface area contributed by atoms with Crippen LogP contribution in [0.5, 0.6) is 0 Å². The maximum absolute atomic E-state index is 13.3. The molecule has 3 nitrogen and oxygen atoms in total. The minimum absolute atomic E-state index is 0.0105. The summed E-state index contributed by atoms with van der Waals surface area (Å²) >= 11 is 0. The van der Waals surface area contributed by atoms with Crippen LogP contribution in [-0.4, -0.2) is 13.1 Å². The summed E-state index contributed by atoms with van der Waals surface area (Å²) in [5.74, 6) is 3.46. The number of carbonyl (C=O) groups is 1. The molecule has 0 saturated heterocycles. The Kier molecular flexibility index (Phi) is 4.06. The van der Waals surface area contributed by atoms with Gasteiger partial charge in [-0.3, -0.25) is 0 Å². The molecule has 0 N–H and O–H groups in total. The second-order valence-corrected chi connectivity index (χ2v) is 2.88. The van der Waals surface area contributed by atoms with Crippen molar-refractivity contribution in [1.82, 2.24) is 0 Å². The smallest absolute Gasteiger partial charge is 0.384 e. The number of benzene rings is 1. The average Bonchev–Trinajstić information content (AvgIpc) is 2.29. The van der Waals surface area contributed by atoms with E-state index >= 15 is 0 Å². The average molecular weight is 217 g/mol. The van der Waals surface area contributed by atoms with Crippen LogP contribution in [0, 0.1) is 29.0 Å². The molecule has 16 heavy (non-hydrogen) atoms. The van der Waals surface area contributed by atoms with Crippen LogP contribution in [0.15, 0.2) is 18.2 Å². The molecule has 0 aliphatic rings. The topological polar surface area (TPSA) is 50.1 Å². The van der Waals surface area contributed by atoms with Crippen LogP contribution in [0.2, 0.25) is 0 Å². The lowest BCUT2D eigenvalue weighted by Crippen LogP contribution is -1.95. The van der Waals surface area contributed by atoms with E-state index in [1.54, 1.807) is 6.07 Å². The van der Waals surface area contributed by atoms with E-state index < -0.39 is 11.8 Å². The molecule has 0 amide bonds. The summed E-state index contributed by atoms with van der Waals surface area (Å²) in [6, 6.07) is 6.06. The molecule has 0 aromatic heterocycles. The normalized spacial score (nSPS) is 8.56. The predicted octanol–water partition coefficient (Wildman–Crippen LogP) is 1.42. The van der Waals surface area contributed by atoms with E-state index in [0.717, 1.165) is 0 Å². The molecule has 0 aliphatic heterocycles. The molecule has 0 saturated carbocycles. The summed E-state index contributed by atoms with van der Waals surface area (Å²) in [5.41, 5.74) is 0.677. The summed E-state index contributed by atoms with van der Waals surface area (Å²) < 4.78 is 17.6. The molecule has 0 bridgehead atoms. The van der Waals surface area contributed by atoms with Crippen LogP contribution in [0.25, 0.3) is 0 Å². The number of hydrogen-bond donors (Lipinski definition) is 0. The molecule has 0 fully saturated rings. The van der Waals surface area contributed by atoms with Crippen LogP contribution in [-0.2, 0) is 16.0 Å². The molecule has 0 unspecified atom stereocenters. The van der Waals surface area contributed by atoms with Crippen molar-refractivity contribution in [2.45, 2.75) is 6.42 Å². The highest BCUT2D eigenvalue weighted by Gasteiger charge is 2.01. The minimum atomic E-state index is -0.679. The fraction of sp³-hybridized carbons (Fsp3) is 0.167. The zero-order valence-corrected chi connectivity index (χ0v) is 8.58. The first kappa shape index (κ1) is 11.7. The maximum atomic E-state index is 13.3. The van der Waals surface area contributed by atoms with Crippen LogP contribution < -0.4 is 0 Å². The highest BCUT2D eigenvalue weighted by molar-refractivity contribution is 5.88. The van der Waals surface area contributed by atoms with Crippen molar-refractivity contribution in [1.29, 1.82) is 5.26 Å². The van der Waals surface area contributed by atoms with Gasteiger partial charge in [0, 0.05) is 17.0 Å². The number of halogens is 1. The van der Waals surface area contributed by atoms with Crippen molar-refractivity contribution in [2.75, 3.05) is 7.11 Å². The Morgan fingerprint density at radius 3 is 2.88 bits per heavy atom. The first-order valence-electron chi connectivity index (χ1n) is 4.42. The first-order valence-corrected chi connectivity index (χ1v) is 4.42. The lowest BCUT2D eigenvalue weighted by atomic mass is 10.1. The summed E-state index contributed by atoms with van der Waals surface area (Å²) in [6.07, 6.45) is 0.0105. The molecule has 0 aliphatic carbocycles. The number of rotatable bonds is 1. The van der Waals surface area contributed by atoms with Crippen LogP contribution in [0.3, 0.4) is 0 Å². The Bertz CT molecular complexity index is 506. The Morgan fingerprint density at radius 1 is 1.56 bits per heavy atom. The highest BCUT2D eigenvalue weighted by atomic mass is 19.1. The molecule has 0 radical (unpaired) electrons. The largest absolute Gasteiger partial charge is 0.459 e. The number of nitriles is 1. The van der Waals surface area contributed by atoms with Gasteiger partial charge in [0.25, 0.3) is 0 Å². The van der Waals surface area contributed by atoms with Gasteiger partial charge < -0.3 is 4.74 Å². The van der Waals surface area contributed by atoms with E-state index in [1.165, 1.54) is 19.2 Å². The Balaban J connectivity index is 2.93. The number of methoxy groups -OCH3 is 1. The van der Waals surface area contributed by atoms with E-state index in [0.29, 0.717) is 11.1 Å². The summed E-state index contributed by atoms with van der Waals surface area (Å²) in [4.78, 5) is 10.7. The standard InChI is InChI=1S/C12H8FNO2/c1-16-12(15)5-3-9-2-4-10(6-7-14)11(13)8-9/h2,4,8H,6H2,1H3. The SMILES string of the molecule is COC(=O)C#Cc1ccc(CC#N)c(F)c1. The van der Waals surface area contributed by atoms with Gasteiger partial charge in [0.1, 0.15) is 5.82 Å². The second-order valence-electron chi connectivity index (χ2n) is 2.88. The van der Waals surface area contributed by atoms with Crippen molar-refractivity contribution in [3.8, 4) is 17.9 Å². The van der Waals surface area contributed by atoms with Crippen molar-refractivity contribution in [2.24, 2.45) is 0 Å². The Hall–Kier alpha value is -2.33. The van der Waals surface area contributed by atoms with E-state index in [1.807, 2.05) is 6.07 Å². The zero-order chi connectivity index (χ0) is 12.0. The molecule has 0 spiro atoms. The van der Waals surface area contributed by atoms with Gasteiger partial charge in [-0.25, -0.2) is 9.18 Å². The third-order valence-corrected chi connectivity index (χ3v) is 1.82. The van der Waals surface area contributed by atoms with E-state index in [-0.39, 0.29) is 6.42 Å². The second kappa shape index (κ2) is 5.53. The van der Waals surface area contributed by atoms with Gasteiger partial charge in [0.2, 0.25) is 0 Å². The highest BCUT2D eigenvalue weighted by Crippen LogP contribution is 2.10. The van der Waals surface area contributed by atoms with Crippen molar-refractivity contribution < 1.29 is 13.9 Å². The van der Waals surface area contributed by atoms with Gasteiger partial charge >= 0.3 is 5.97 Å². The number of ether oxygens (including phenoxy) is 1. The molecule has 0 atom stereocenters. The first-order chi connectivity index (χ1) is 7.67. The monoisotopic (exact) mass is 217 g/mol. The third-order valence-electron chi connectivity index (χ3n) is 1.82. The Morgan fingerprint density at radius 2 is 2.31 bits per heavy atom. The van der Waals surface area contributed by atoms with Crippen molar-refractivity contribution >= 4 is 5.97 Å². The van der Waals surface area contributed by atoms with E-state index in [2.05, 4.69) is 16.6 Å². The lowest BCUT2D eigenvalue weighted by Gasteiger charge is -1.97. The molecule has 4 heteroatoms. The molecule has 80 valence electrons. The number of nitrogens with zero attached hydrogens (tertiary/aromatic N) is 1. The van der Waals surface area contributed by atoms with Gasteiger partial charge in [-0.05, 0) is 12.1 Å². The molecule has 1 rings (SSSR count). The van der Waals surface area contributed by atoms with Crippen LogP contribution in [0.1, 0.15) is 11.1 Å². The van der Waals surface area contributed by atoms with E-state index in [4.69, 9.17) is 5.26 Å². The van der Waals surface area contributed by atoms with Gasteiger partial charge in [0.05, 0.1) is 19.6 Å². The van der Waals surface area contributed by atoms with Gasteiger partial charge in [-0.1, -0.05) is 12.0 Å². The van der Waals surface area contributed by atoms with Gasteiger partial charge in [-0.2, -0.15) is 5.26 Å². The lowest BCUT2D eigenvalue weighted by molar-refractivity contribution is -0.133. The Labute approximate surface area is 92.5 Å². The number of hydrogen-bond acceptors (Lipinski definition) is 3. The summed E-state index contributed by atoms with van der Waals surface area (Å²) in [5, 5.41) is 8.42. The van der Waals surface area contributed by atoms with Gasteiger partial charge in [-0.15, -0.1) is 0 Å². The molecular formula is C12H8FNO2. The molecular weight excluding hydrogens is 209 g/mol. The molecule has 0 heterocycles. The fourth-order valence-electron chi connectivity index (χ4n) is 1.03. The predicted molar refractivity (Wildman–Crippen MR) is 54.6 cm³/mol. The molecule has 1 aromatic carbocycles. The van der Waals surface area contributed by atoms with E-state index in [9.17, 15) is 9.18 Å². The fourth-order valence-corrected chi connectivity index (χ4v) is 1.03. The maximum Gasteiger partial charge on any atom is 0.384 e. The number of esters is 1.